The second-order valence-corrected chi connectivity index (χ2v) is 9.61. The average Bonchev–Trinajstić information content (AvgIpc) is 3.12. The predicted octanol–water partition coefficient (Wildman–Crippen LogP) is 4.07. The Bertz CT molecular complexity index is 1070. The fourth-order valence-corrected chi connectivity index (χ4v) is 3.79. The summed E-state index contributed by atoms with van der Waals surface area (Å²) in [5.41, 5.74) is 2.91. The molecule has 0 fully saturated rings. The Hall–Kier alpha value is -2.64. The maximum atomic E-state index is 12.1. The van der Waals surface area contributed by atoms with Gasteiger partial charge >= 0.3 is 0 Å². The zero-order chi connectivity index (χ0) is 20.9. The van der Waals surface area contributed by atoms with Crippen LogP contribution in [0.1, 0.15) is 33.1 Å². The van der Waals surface area contributed by atoms with Crippen LogP contribution in [0.25, 0.3) is 16.6 Å². The van der Waals surface area contributed by atoms with Crippen molar-refractivity contribution in [2.24, 2.45) is 0 Å². The average molecular weight is 414 g/mol. The van der Waals surface area contributed by atoms with Crippen LogP contribution < -0.4 is 10.0 Å². The number of nitrogens with zero attached hydrogens (tertiary/aromatic N) is 1. The number of carbonyl (C=O) groups excluding carboxylic acids is 1. The molecule has 0 unspecified atom stereocenters. The van der Waals surface area contributed by atoms with Crippen LogP contribution in [0.5, 0.6) is 0 Å². The van der Waals surface area contributed by atoms with Gasteiger partial charge in [0.15, 0.2) is 0 Å². The van der Waals surface area contributed by atoms with Gasteiger partial charge in [-0.3, -0.25) is 4.79 Å². The Morgan fingerprint density at radius 3 is 2.45 bits per heavy atom. The van der Waals surface area contributed by atoms with Crippen molar-refractivity contribution in [3.8, 4) is 5.69 Å². The number of sulfonamides is 1. The third kappa shape index (κ3) is 5.46. The minimum atomic E-state index is -3.24. The van der Waals surface area contributed by atoms with Crippen LogP contribution in [0.3, 0.4) is 0 Å². The summed E-state index contributed by atoms with van der Waals surface area (Å²) in [5, 5.41) is 3.63. The van der Waals surface area contributed by atoms with E-state index in [0.29, 0.717) is 25.8 Å². The lowest BCUT2D eigenvalue weighted by molar-refractivity contribution is -0.116. The number of rotatable bonds is 9. The molecule has 1 aromatic heterocycles. The van der Waals surface area contributed by atoms with Crippen LogP contribution in [0.2, 0.25) is 0 Å². The van der Waals surface area contributed by atoms with Crippen molar-refractivity contribution in [3.63, 3.8) is 0 Å². The number of benzene rings is 2. The van der Waals surface area contributed by atoms with E-state index in [9.17, 15) is 13.2 Å². The summed E-state index contributed by atoms with van der Waals surface area (Å²) >= 11 is 0. The van der Waals surface area contributed by atoms with Crippen LogP contribution in [-0.4, -0.2) is 30.7 Å². The molecular weight excluding hydrogens is 386 g/mol. The summed E-state index contributed by atoms with van der Waals surface area (Å²) in [6, 6.07) is 18.0. The molecule has 0 radical (unpaired) electrons. The van der Waals surface area contributed by atoms with Gasteiger partial charge in [0, 0.05) is 30.5 Å². The lowest BCUT2D eigenvalue weighted by Gasteiger charge is -2.10. The van der Waals surface area contributed by atoms with E-state index < -0.39 is 15.3 Å². The summed E-state index contributed by atoms with van der Waals surface area (Å²) in [5.74, 6) is -0.0733. The normalized spacial score (nSPS) is 11.8. The smallest absolute Gasteiger partial charge is 0.224 e. The quantitative estimate of drug-likeness (QED) is 0.519. The zero-order valence-electron chi connectivity index (χ0n) is 16.8. The number of carbonyl (C=O) groups is 1. The minimum Gasteiger partial charge on any atom is -0.326 e. The van der Waals surface area contributed by atoms with Crippen molar-refractivity contribution in [3.05, 3.63) is 60.8 Å². The number of para-hydroxylation sites is 1. The Morgan fingerprint density at radius 1 is 1.00 bits per heavy atom. The van der Waals surface area contributed by atoms with Gasteiger partial charge in [0.2, 0.25) is 15.9 Å². The lowest BCUT2D eigenvalue weighted by atomic mass is 10.2. The number of anilines is 1. The van der Waals surface area contributed by atoms with Gasteiger partial charge < -0.3 is 9.88 Å². The summed E-state index contributed by atoms with van der Waals surface area (Å²) in [7, 11) is -3.24. The minimum absolute atomic E-state index is 0.0733. The molecule has 1 heterocycles. The van der Waals surface area contributed by atoms with Crippen molar-refractivity contribution >= 4 is 32.5 Å². The number of fused-ring (bicyclic) bond motifs is 1. The van der Waals surface area contributed by atoms with Gasteiger partial charge in [0.25, 0.3) is 0 Å². The summed E-state index contributed by atoms with van der Waals surface area (Å²) in [4.78, 5) is 12.1. The van der Waals surface area contributed by atoms with E-state index in [0.717, 1.165) is 16.9 Å². The monoisotopic (exact) mass is 413 g/mol. The third-order valence-corrected chi connectivity index (χ3v) is 6.63. The Labute approximate surface area is 172 Å². The summed E-state index contributed by atoms with van der Waals surface area (Å²) < 4.78 is 28.0. The number of hydrogen-bond acceptors (Lipinski definition) is 3. The predicted molar refractivity (Wildman–Crippen MR) is 118 cm³/mol. The highest BCUT2D eigenvalue weighted by atomic mass is 32.2. The first kappa shape index (κ1) is 21.1. The molecule has 3 aromatic rings. The fourth-order valence-electron chi connectivity index (χ4n) is 3.03. The molecule has 0 aliphatic rings. The molecule has 0 saturated heterocycles. The van der Waals surface area contributed by atoms with E-state index in [1.54, 1.807) is 13.8 Å². The molecule has 7 heteroatoms. The number of hydrogen-bond donors (Lipinski definition) is 2. The standard InChI is InChI=1S/C22H27N3O3S/c1-17(2)29(27,28)23-15-6-5-9-22(26)24-19-10-12-20(13-11-19)25-16-14-18-7-3-4-8-21(18)25/h3-4,7-8,10-14,16-17,23H,5-6,9,15H2,1-2H3,(H,24,26). The highest BCUT2D eigenvalue weighted by molar-refractivity contribution is 7.90. The van der Waals surface area contributed by atoms with E-state index in [1.165, 1.54) is 5.39 Å². The van der Waals surface area contributed by atoms with Crippen LogP contribution in [0.15, 0.2) is 60.8 Å². The van der Waals surface area contributed by atoms with Crippen molar-refractivity contribution in [2.75, 3.05) is 11.9 Å². The fraction of sp³-hybridized carbons (Fsp3) is 0.318. The third-order valence-electron chi connectivity index (χ3n) is 4.78. The molecule has 154 valence electrons. The second-order valence-electron chi connectivity index (χ2n) is 7.28. The van der Waals surface area contributed by atoms with Gasteiger partial charge in [0.05, 0.1) is 10.8 Å². The second kappa shape index (κ2) is 9.24. The molecule has 6 nitrogen and oxygen atoms in total. The van der Waals surface area contributed by atoms with Crippen LogP contribution in [-0.2, 0) is 14.8 Å². The maximum absolute atomic E-state index is 12.1. The number of amides is 1. The van der Waals surface area contributed by atoms with Gasteiger partial charge in [-0.2, -0.15) is 0 Å². The van der Waals surface area contributed by atoms with Gasteiger partial charge in [-0.15, -0.1) is 0 Å². The highest BCUT2D eigenvalue weighted by Gasteiger charge is 2.14. The molecule has 2 N–H and O–H groups in total. The number of unbranched alkanes of at least 4 members (excludes halogenated alkanes) is 1. The van der Waals surface area contributed by atoms with E-state index in [4.69, 9.17) is 0 Å². The molecule has 1 amide bonds. The van der Waals surface area contributed by atoms with Gasteiger partial charge in [-0.05, 0) is 68.5 Å². The van der Waals surface area contributed by atoms with E-state index in [-0.39, 0.29) is 5.91 Å². The first-order valence-electron chi connectivity index (χ1n) is 9.82. The molecule has 0 atom stereocenters. The first-order chi connectivity index (χ1) is 13.9. The molecule has 0 aliphatic carbocycles. The van der Waals surface area contributed by atoms with Gasteiger partial charge in [-0.1, -0.05) is 18.2 Å². The van der Waals surface area contributed by atoms with Crippen molar-refractivity contribution in [1.29, 1.82) is 0 Å². The number of aromatic nitrogens is 1. The largest absolute Gasteiger partial charge is 0.326 e. The Balaban J connectivity index is 1.48. The first-order valence-corrected chi connectivity index (χ1v) is 11.4. The van der Waals surface area contributed by atoms with Crippen molar-refractivity contribution in [2.45, 2.75) is 38.4 Å². The summed E-state index contributed by atoms with van der Waals surface area (Å²) in [6.45, 7) is 3.63. The number of nitrogens with one attached hydrogen (secondary N) is 2. The molecule has 29 heavy (non-hydrogen) atoms. The SMILES string of the molecule is CC(C)S(=O)(=O)NCCCCC(=O)Nc1ccc(-n2ccc3ccccc32)cc1. The topological polar surface area (TPSA) is 80.2 Å². The van der Waals surface area contributed by atoms with Crippen molar-refractivity contribution < 1.29 is 13.2 Å². The molecule has 0 bridgehead atoms. The van der Waals surface area contributed by atoms with Gasteiger partial charge in [0.1, 0.15) is 0 Å². The molecule has 3 rings (SSSR count). The van der Waals surface area contributed by atoms with E-state index >= 15 is 0 Å². The Kier molecular flexibility index (Phi) is 6.71. The van der Waals surface area contributed by atoms with E-state index in [1.807, 2.05) is 42.6 Å². The van der Waals surface area contributed by atoms with Crippen molar-refractivity contribution in [1.82, 2.24) is 9.29 Å². The lowest BCUT2D eigenvalue weighted by Crippen LogP contribution is -2.31. The van der Waals surface area contributed by atoms with Gasteiger partial charge in [-0.25, -0.2) is 13.1 Å². The molecular formula is C22H27N3O3S. The highest BCUT2D eigenvalue weighted by Crippen LogP contribution is 2.21. The molecule has 0 aliphatic heterocycles. The van der Waals surface area contributed by atoms with E-state index in [2.05, 4.69) is 32.8 Å². The van der Waals surface area contributed by atoms with Crippen LogP contribution in [0, 0.1) is 0 Å². The summed E-state index contributed by atoms with van der Waals surface area (Å²) in [6.07, 6.45) is 3.64. The zero-order valence-corrected chi connectivity index (χ0v) is 17.6. The Morgan fingerprint density at radius 2 is 1.72 bits per heavy atom. The molecule has 2 aromatic carbocycles. The molecule has 0 spiro atoms. The molecule has 0 saturated carbocycles. The van der Waals surface area contributed by atoms with Crippen LogP contribution >= 0.6 is 0 Å². The maximum Gasteiger partial charge on any atom is 0.224 e. The van der Waals surface area contributed by atoms with Crippen LogP contribution in [0.4, 0.5) is 5.69 Å².